The molecule has 1 atom stereocenters. The number of hydrogen-bond acceptors (Lipinski definition) is 3. The minimum absolute atomic E-state index is 0.276. The molecule has 18 heavy (non-hydrogen) atoms. The predicted octanol–water partition coefficient (Wildman–Crippen LogP) is 3.70. The molecule has 1 unspecified atom stereocenters. The van der Waals surface area contributed by atoms with Crippen molar-refractivity contribution in [2.45, 2.75) is 32.2 Å². The maximum atomic E-state index is 11.9. The van der Waals surface area contributed by atoms with Crippen LogP contribution in [0.1, 0.15) is 18.2 Å². The first kappa shape index (κ1) is 16.0. The van der Waals surface area contributed by atoms with Gasteiger partial charge in [-0.05, 0) is 47.4 Å². The van der Waals surface area contributed by atoms with Gasteiger partial charge in [0.15, 0.2) is 0 Å². The summed E-state index contributed by atoms with van der Waals surface area (Å²) < 4.78 is 29.9. The number of nitrogens with one attached hydrogen (secondary N) is 1. The second-order valence-electron chi connectivity index (χ2n) is 3.92. The van der Waals surface area contributed by atoms with Crippen LogP contribution in [0.15, 0.2) is 15.9 Å². The molecule has 0 radical (unpaired) electrons. The molecule has 0 aliphatic carbocycles. The van der Waals surface area contributed by atoms with Gasteiger partial charge in [-0.25, -0.2) is 8.78 Å². The van der Waals surface area contributed by atoms with E-state index < -0.39 is 13.0 Å². The van der Waals surface area contributed by atoms with E-state index in [0.717, 1.165) is 23.2 Å². The highest BCUT2D eigenvalue weighted by molar-refractivity contribution is 9.11. The minimum atomic E-state index is -2.38. The van der Waals surface area contributed by atoms with E-state index in [1.165, 1.54) is 4.88 Å². The van der Waals surface area contributed by atoms with Gasteiger partial charge < -0.3 is 10.1 Å². The molecule has 0 saturated carbocycles. The van der Waals surface area contributed by atoms with Crippen molar-refractivity contribution in [3.8, 4) is 0 Å². The van der Waals surface area contributed by atoms with Crippen LogP contribution < -0.4 is 5.32 Å². The van der Waals surface area contributed by atoms with Crippen LogP contribution in [0.2, 0.25) is 0 Å². The largest absolute Gasteiger partial charge is 0.375 e. The highest BCUT2D eigenvalue weighted by Gasteiger charge is 2.10. The van der Waals surface area contributed by atoms with Crippen LogP contribution in [0.3, 0.4) is 0 Å². The van der Waals surface area contributed by atoms with E-state index in [0.29, 0.717) is 6.61 Å². The molecule has 1 aromatic heterocycles. The topological polar surface area (TPSA) is 21.3 Å². The van der Waals surface area contributed by atoms with E-state index in [1.54, 1.807) is 11.3 Å². The van der Waals surface area contributed by atoms with Crippen molar-refractivity contribution in [2.75, 3.05) is 19.8 Å². The van der Waals surface area contributed by atoms with Crippen molar-refractivity contribution >= 4 is 27.3 Å². The van der Waals surface area contributed by atoms with Gasteiger partial charge in [-0.15, -0.1) is 11.3 Å². The summed E-state index contributed by atoms with van der Waals surface area (Å²) in [5, 5.41) is 3.35. The van der Waals surface area contributed by atoms with Crippen LogP contribution >= 0.6 is 27.3 Å². The molecule has 1 aromatic rings. The third kappa shape index (κ3) is 6.78. The molecule has 2 nitrogen and oxygen atoms in total. The monoisotopic (exact) mass is 341 g/mol. The summed E-state index contributed by atoms with van der Waals surface area (Å²) in [6, 6.07) is 4.38. The first-order valence-electron chi connectivity index (χ1n) is 5.95. The fraction of sp³-hybridized carbons (Fsp3) is 0.667. The molecule has 0 bridgehead atoms. The molecule has 0 spiro atoms. The summed E-state index contributed by atoms with van der Waals surface area (Å²) in [5.74, 6) is 0. The van der Waals surface area contributed by atoms with E-state index >= 15 is 0 Å². The van der Waals surface area contributed by atoms with Gasteiger partial charge >= 0.3 is 0 Å². The first-order chi connectivity index (χ1) is 8.61. The number of ether oxygens (including phenoxy) is 1. The minimum Gasteiger partial charge on any atom is -0.375 e. The summed E-state index contributed by atoms with van der Waals surface area (Å²) in [5.41, 5.74) is 0. The molecule has 0 saturated heterocycles. The van der Waals surface area contributed by atoms with Crippen LogP contribution in [-0.4, -0.2) is 32.2 Å². The van der Waals surface area contributed by atoms with E-state index in [4.69, 9.17) is 4.74 Å². The van der Waals surface area contributed by atoms with Crippen molar-refractivity contribution in [2.24, 2.45) is 0 Å². The molecular formula is C12H18BrF2NOS. The molecule has 1 N–H and O–H groups in total. The molecule has 0 aliphatic rings. The molecule has 0 amide bonds. The Morgan fingerprint density at radius 1 is 1.44 bits per heavy atom. The molecule has 104 valence electrons. The molecule has 1 rings (SSSR count). The number of halogens is 3. The van der Waals surface area contributed by atoms with Gasteiger partial charge in [0.05, 0.1) is 3.79 Å². The summed E-state index contributed by atoms with van der Waals surface area (Å²) in [6.45, 7) is 2.81. The highest BCUT2D eigenvalue weighted by Crippen LogP contribution is 2.23. The Bertz CT molecular complexity index is 336. The number of rotatable bonds is 9. The Labute approximate surface area is 119 Å². The fourth-order valence-corrected chi connectivity index (χ4v) is 3.23. The third-order valence-electron chi connectivity index (χ3n) is 2.42. The Morgan fingerprint density at radius 2 is 2.22 bits per heavy atom. The lowest BCUT2D eigenvalue weighted by Crippen LogP contribution is -2.32. The van der Waals surface area contributed by atoms with Crippen LogP contribution in [0.5, 0.6) is 0 Å². The SMILES string of the molecule is CCNC(CCOCC(F)F)Cc1ccc(Br)s1. The molecular weight excluding hydrogens is 324 g/mol. The average Bonchev–Trinajstić information content (AvgIpc) is 2.70. The zero-order valence-electron chi connectivity index (χ0n) is 10.3. The number of likely N-dealkylation sites (N-methyl/N-ethyl adjacent to an activating group) is 1. The van der Waals surface area contributed by atoms with Crippen LogP contribution in [-0.2, 0) is 11.2 Å². The van der Waals surface area contributed by atoms with Gasteiger partial charge in [-0.2, -0.15) is 0 Å². The number of thiophene rings is 1. The summed E-state index contributed by atoms with van der Waals surface area (Å²) in [4.78, 5) is 1.28. The van der Waals surface area contributed by atoms with E-state index in [2.05, 4.69) is 27.3 Å². The third-order valence-corrected chi connectivity index (χ3v) is 4.07. The summed E-state index contributed by atoms with van der Waals surface area (Å²) in [7, 11) is 0. The Kier molecular flexibility index (Phi) is 7.97. The normalized spacial score (nSPS) is 13.2. The zero-order valence-corrected chi connectivity index (χ0v) is 12.7. The fourth-order valence-electron chi connectivity index (χ4n) is 1.67. The second kappa shape index (κ2) is 8.96. The Morgan fingerprint density at radius 3 is 2.78 bits per heavy atom. The van der Waals surface area contributed by atoms with Crippen LogP contribution in [0, 0.1) is 0 Å². The van der Waals surface area contributed by atoms with Crippen LogP contribution in [0.4, 0.5) is 8.78 Å². The first-order valence-corrected chi connectivity index (χ1v) is 7.56. The molecule has 0 aromatic carbocycles. The van der Waals surface area contributed by atoms with Gasteiger partial charge in [-0.1, -0.05) is 6.92 Å². The van der Waals surface area contributed by atoms with Gasteiger partial charge in [0.1, 0.15) is 6.61 Å². The van der Waals surface area contributed by atoms with Gasteiger partial charge in [0.2, 0.25) is 0 Å². The summed E-state index contributed by atoms with van der Waals surface area (Å²) in [6.07, 6.45) is -0.728. The summed E-state index contributed by atoms with van der Waals surface area (Å²) >= 11 is 5.13. The Hall–Kier alpha value is -0.0400. The van der Waals surface area contributed by atoms with Crippen molar-refractivity contribution in [3.05, 3.63) is 20.8 Å². The van der Waals surface area contributed by atoms with Gasteiger partial charge in [0, 0.05) is 17.5 Å². The lowest BCUT2D eigenvalue weighted by molar-refractivity contribution is 0.0145. The van der Waals surface area contributed by atoms with E-state index in [9.17, 15) is 8.78 Å². The molecule has 1 heterocycles. The van der Waals surface area contributed by atoms with E-state index in [1.807, 2.05) is 13.0 Å². The number of alkyl halides is 2. The van der Waals surface area contributed by atoms with Gasteiger partial charge in [0.25, 0.3) is 6.43 Å². The van der Waals surface area contributed by atoms with Crippen LogP contribution in [0.25, 0.3) is 0 Å². The second-order valence-corrected chi connectivity index (χ2v) is 6.47. The quantitative estimate of drug-likeness (QED) is 0.691. The number of hydrogen-bond donors (Lipinski definition) is 1. The van der Waals surface area contributed by atoms with Crippen molar-refractivity contribution in [3.63, 3.8) is 0 Å². The zero-order chi connectivity index (χ0) is 13.4. The maximum Gasteiger partial charge on any atom is 0.261 e. The molecule has 6 heteroatoms. The van der Waals surface area contributed by atoms with Crippen molar-refractivity contribution in [1.29, 1.82) is 0 Å². The average molecular weight is 342 g/mol. The Balaban J connectivity index is 2.30. The lowest BCUT2D eigenvalue weighted by atomic mass is 10.1. The highest BCUT2D eigenvalue weighted by atomic mass is 79.9. The van der Waals surface area contributed by atoms with Crippen molar-refractivity contribution < 1.29 is 13.5 Å². The lowest BCUT2D eigenvalue weighted by Gasteiger charge is -2.17. The van der Waals surface area contributed by atoms with E-state index in [-0.39, 0.29) is 6.04 Å². The maximum absolute atomic E-state index is 11.9. The molecule has 0 aliphatic heterocycles. The standard InChI is InChI=1S/C12H18BrF2NOS/c1-2-16-9(5-6-17-8-12(14)15)7-10-3-4-11(13)18-10/h3-4,9,12,16H,2,5-8H2,1H3. The molecule has 0 fully saturated rings. The predicted molar refractivity (Wildman–Crippen MR) is 74.6 cm³/mol. The van der Waals surface area contributed by atoms with Crippen molar-refractivity contribution in [1.82, 2.24) is 5.32 Å². The van der Waals surface area contributed by atoms with Gasteiger partial charge in [-0.3, -0.25) is 0 Å². The smallest absolute Gasteiger partial charge is 0.261 e.